The van der Waals surface area contributed by atoms with E-state index in [1.165, 1.54) is 58.3 Å². The van der Waals surface area contributed by atoms with Gasteiger partial charge in [0, 0.05) is 12.5 Å². The summed E-state index contributed by atoms with van der Waals surface area (Å²) in [7, 11) is 0. The molecule has 0 aliphatic rings. The van der Waals surface area contributed by atoms with Gasteiger partial charge in [-0.3, -0.25) is 9.59 Å². The largest absolute Gasteiger partial charge is 0.481 e. The molecule has 0 bridgehead atoms. The highest BCUT2D eigenvalue weighted by atomic mass is 35.5. The molecule has 4 nitrogen and oxygen atoms in total. The van der Waals surface area contributed by atoms with E-state index in [1.807, 2.05) is 26.8 Å². The van der Waals surface area contributed by atoms with Crippen LogP contribution in [0.1, 0.15) is 111 Å². The minimum absolute atomic E-state index is 0.249. The summed E-state index contributed by atoms with van der Waals surface area (Å²) in [5.41, 5.74) is 0.598. The van der Waals surface area contributed by atoms with Crippen LogP contribution in [-0.2, 0) is 15.0 Å². The van der Waals surface area contributed by atoms with Crippen LogP contribution >= 0.6 is 11.6 Å². The van der Waals surface area contributed by atoms with Crippen molar-refractivity contribution >= 4 is 22.8 Å². The van der Waals surface area contributed by atoms with E-state index in [9.17, 15) is 9.59 Å². The van der Waals surface area contributed by atoms with E-state index in [2.05, 4.69) is 6.92 Å². The molecule has 0 aliphatic carbocycles. The third-order valence-electron chi connectivity index (χ3n) is 5.36. The van der Waals surface area contributed by atoms with Crippen molar-refractivity contribution in [3.8, 4) is 11.5 Å². The smallest absolute Gasteiger partial charge is 0.308 e. The number of hydrogen-bond donors (Lipinski definition) is 0. The van der Waals surface area contributed by atoms with E-state index >= 15 is 0 Å². The lowest BCUT2D eigenvalue weighted by Crippen LogP contribution is -2.24. The number of halogens is 1. The van der Waals surface area contributed by atoms with Gasteiger partial charge in [-0.25, -0.2) is 0 Å². The van der Waals surface area contributed by atoms with Gasteiger partial charge >= 0.3 is 5.97 Å². The van der Waals surface area contributed by atoms with Crippen LogP contribution in [0.5, 0.6) is 11.5 Å². The highest BCUT2D eigenvalue weighted by Crippen LogP contribution is 2.35. The molecule has 0 spiro atoms. The fourth-order valence-electron chi connectivity index (χ4n) is 3.61. The van der Waals surface area contributed by atoms with Crippen LogP contribution in [0.25, 0.3) is 0 Å². The van der Waals surface area contributed by atoms with Crippen molar-refractivity contribution in [3.63, 3.8) is 0 Å². The van der Waals surface area contributed by atoms with Crippen molar-refractivity contribution < 1.29 is 19.1 Å². The first-order chi connectivity index (χ1) is 14.6. The zero-order chi connectivity index (χ0) is 23.3. The summed E-state index contributed by atoms with van der Waals surface area (Å²) in [6, 6.07) is 5.27. The maximum Gasteiger partial charge on any atom is 0.308 e. The molecule has 0 saturated heterocycles. The Morgan fingerprint density at radius 1 is 0.935 bits per heavy atom. The number of benzene rings is 1. The second-order valence-corrected chi connectivity index (χ2v) is 9.76. The molecule has 5 heteroatoms. The number of carbonyl (C=O) groups excluding carboxylic acids is 2. The average molecular weight is 453 g/mol. The van der Waals surface area contributed by atoms with Gasteiger partial charge in [-0.15, -0.1) is 0 Å². The third-order valence-corrected chi connectivity index (χ3v) is 5.61. The molecular formula is C26H41ClO4. The molecule has 0 saturated carbocycles. The van der Waals surface area contributed by atoms with Crippen LogP contribution in [0.2, 0.25) is 0 Å². The van der Waals surface area contributed by atoms with Gasteiger partial charge in [-0.05, 0) is 48.1 Å². The molecule has 176 valence electrons. The average Bonchev–Trinajstić information content (AvgIpc) is 2.68. The topological polar surface area (TPSA) is 52.6 Å². The summed E-state index contributed by atoms with van der Waals surface area (Å²) in [5, 5.41) is -0.475. The Balaban J connectivity index is 2.54. The second kappa shape index (κ2) is 14.5. The maximum atomic E-state index is 11.9. The molecule has 0 aromatic heterocycles. The molecule has 0 amide bonds. The maximum absolute atomic E-state index is 11.9. The summed E-state index contributed by atoms with van der Waals surface area (Å²) in [5.74, 6) is 0.705. The minimum atomic E-state index is -0.664. The predicted molar refractivity (Wildman–Crippen MR) is 128 cm³/mol. The van der Waals surface area contributed by atoms with Crippen molar-refractivity contribution in [2.75, 3.05) is 0 Å². The normalized spacial score (nSPS) is 12.5. The second-order valence-electron chi connectivity index (χ2n) is 9.38. The molecule has 0 radical (unpaired) electrons. The summed E-state index contributed by atoms with van der Waals surface area (Å²) in [6.07, 6.45) is 12.3. The predicted octanol–water partition coefficient (Wildman–Crippen LogP) is 7.73. The van der Waals surface area contributed by atoms with Crippen LogP contribution in [0.3, 0.4) is 0 Å². The summed E-state index contributed by atoms with van der Waals surface area (Å²) in [4.78, 5) is 23.3. The summed E-state index contributed by atoms with van der Waals surface area (Å²) < 4.78 is 11.3. The quantitative estimate of drug-likeness (QED) is 0.118. The Hall–Kier alpha value is -1.55. The van der Waals surface area contributed by atoms with Gasteiger partial charge in [0.1, 0.15) is 11.5 Å². The molecule has 31 heavy (non-hydrogen) atoms. The molecule has 1 rings (SSSR count). The van der Waals surface area contributed by atoms with Gasteiger partial charge in [0.15, 0.2) is 6.10 Å². The van der Waals surface area contributed by atoms with E-state index < -0.39 is 11.3 Å². The number of esters is 1. The Bertz CT molecular complexity index is 678. The fourth-order valence-corrected chi connectivity index (χ4v) is 3.77. The third kappa shape index (κ3) is 11.6. The highest BCUT2D eigenvalue weighted by Gasteiger charge is 2.23. The fraction of sp³-hybridized carbons (Fsp3) is 0.692. The van der Waals surface area contributed by atoms with E-state index in [-0.39, 0.29) is 11.4 Å². The van der Waals surface area contributed by atoms with E-state index in [0.29, 0.717) is 17.9 Å². The lowest BCUT2D eigenvalue weighted by molar-refractivity contribution is -0.132. The molecule has 1 aromatic carbocycles. The number of unbranched alkanes of at least 4 members (excludes halogenated alkanes) is 9. The van der Waals surface area contributed by atoms with E-state index in [1.54, 1.807) is 12.1 Å². The van der Waals surface area contributed by atoms with Crippen molar-refractivity contribution in [2.45, 2.75) is 117 Å². The Labute approximate surface area is 194 Å². The molecule has 0 aliphatic heterocycles. The number of ether oxygens (including phenoxy) is 2. The lowest BCUT2D eigenvalue weighted by Gasteiger charge is -2.24. The first kappa shape index (κ1) is 27.5. The zero-order valence-electron chi connectivity index (χ0n) is 20.1. The Morgan fingerprint density at radius 3 is 1.97 bits per heavy atom. The molecule has 0 fully saturated rings. The van der Waals surface area contributed by atoms with Crippen molar-refractivity contribution in [1.29, 1.82) is 0 Å². The Kier molecular flexibility index (Phi) is 12.9. The van der Waals surface area contributed by atoms with Crippen molar-refractivity contribution in [1.82, 2.24) is 0 Å². The van der Waals surface area contributed by atoms with E-state index in [0.717, 1.165) is 18.4 Å². The van der Waals surface area contributed by atoms with Crippen LogP contribution in [0, 0.1) is 0 Å². The lowest BCUT2D eigenvalue weighted by atomic mass is 9.86. The van der Waals surface area contributed by atoms with Gasteiger partial charge in [0.25, 0.3) is 5.24 Å². The first-order valence-electron chi connectivity index (χ1n) is 11.8. The van der Waals surface area contributed by atoms with Crippen LogP contribution in [0.4, 0.5) is 0 Å². The van der Waals surface area contributed by atoms with Crippen LogP contribution in [-0.4, -0.2) is 17.3 Å². The van der Waals surface area contributed by atoms with Gasteiger partial charge in [0.05, 0.1) is 0 Å². The standard InChI is InChI=1S/C26H41ClO4/c1-6-7-8-9-10-11-12-13-14-15-16-24(25(27)29)31-21-17-18-23(30-20(2)28)22(19-21)26(3,4)5/h17-19,24H,6-16H2,1-5H3/t24-/m0/s1. The van der Waals surface area contributed by atoms with Crippen molar-refractivity contribution in [3.05, 3.63) is 23.8 Å². The number of hydrogen-bond acceptors (Lipinski definition) is 4. The number of rotatable bonds is 15. The van der Waals surface area contributed by atoms with Gasteiger partial charge < -0.3 is 9.47 Å². The molecular weight excluding hydrogens is 412 g/mol. The van der Waals surface area contributed by atoms with Crippen molar-refractivity contribution in [2.24, 2.45) is 0 Å². The molecule has 1 aromatic rings. The van der Waals surface area contributed by atoms with E-state index in [4.69, 9.17) is 21.1 Å². The van der Waals surface area contributed by atoms with Gasteiger partial charge in [0.2, 0.25) is 0 Å². The first-order valence-corrected chi connectivity index (χ1v) is 12.2. The SMILES string of the molecule is CCCCCCCCCCCC[C@H](Oc1ccc(OC(C)=O)c(C(C)(C)C)c1)C(=O)Cl. The monoisotopic (exact) mass is 452 g/mol. The molecule has 0 N–H and O–H groups in total. The van der Waals surface area contributed by atoms with Crippen LogP contribution < -0.4 is 9.47 Å². The highest BCUT2D eigenvalue weighted by molar-refractivity contribution is 6.64. The number of carbonyl (C=O) groups is 2. The van der Waals surface area contributed by atoms with Gasteiger partial charge in [-0.2, -0.15) is 0 Å². The Morgan fingerprint density at radius 2 is 1.48 bits per heavy atom. The zero-order valence-corrected chi connectivity index (χ0v) is 20.9. The summed E-state index contributed by atoms with van der Waals surface area (Å²) >= 11 is 5.81. The molecule has 0 unspecified atom stereocenters. The molecule has 0 heterocycles. The van der Waals surface area contributed by atoms with Gasteiger partial charge in [-0.1, -0.05) is 85.5 Å². The molecule has 1 atom stereocenters. The summed E-state index contributed by atoms with van der Waals surface area (Å²) in [6.45, 7) is 9.73. The minimum Gasteiger partial charge on any atom is -0.481 e. The van der Waals surface area contributed by atoms with Crippen LogP contribution in [0.15, 0.2) is 18.2 Å².